The number of ether oxygens (including phenoxy) is 1. The zero-order valence-electron chi connectivity index (χ0n) is 17.0. The molecule has 4 rings (SSSR count). The first-order valence-electron chi connectivity index (χ1n) is 10.1. The Bertz CT molecular complexity index is 1140. The Balaban J connectivity index is 1.56. The number of aryl methyl sites for hydroxylation is 2. The van der Waals surface area contributed by atoms with Gasteiger partial charge in [0, 0.05) is 15.6 Å². The second-order valence-electron chi connectivity index (χ2n) is 7.88. The van der Waals surface area contributed by atoms with Crippen LogP contribution in [0.25, 0.3) is 10.9 Å². The summed E-state index contributed by atoms with van der Waals surface area (Å²) in [6.07, 6.45) is 2.70. The second kappa shape index (κ2) is 8.56. The van der Waals surface area contributed by atoms with Gasteiger partial charge in [-0.2, -0.15) is 0 Å². The number of halogens is 1. The van der Waals surface area contributed by atoms with E-state index in [1.54, 1.807) is 0 Å². The third kappa shape index (κ3) is 4.24. The average Bonchev–Trinajstić information content (AvgIpc) is 2.72. The Morgan fingerprint density at radius 2 is 2.03 bits per heavy atom. The molecule has 1 aliphatic rings. The number of hydrogen-bond acceptors (Lipinski definition) is 4. The van der Waals surface area contributed by atoms with Crippen LogP contribution in [-0.2, 0) is 22.4 Å². The van der Waals surface area contributed by atoms with Crippen molar-refractivity contribution in [3.63, 3.8) is 0 Å². The van der Waals surface area contributed by atoms with Crippen LogP contribution in [0, 0.1) is 12.8 Å². The van der Waals surface area contributed by atoms with E-state index in [9.17, 15) is 9.59 Å². The van der Waals surface area contributed by atoms with Crippen LogP contribution >= 0.6 is 15.9 Å². The van der Waals surface area contributed by atoms with Crippen molar-refractivity contribution >= 4 is 44.4 Å². The minimum atomic E-state index is -0.475. The maximum Gasteiger partial charge on any atom is 0.339 e. The number of benzene rings is 2. The molecule has 6 heteroatoms. The Kier molecular flexibility index (Phi) is 5.86. The highest BCUT2D eigenvalue weighted by Gasteiger charge is 2.26. The van der Waals surface area contributed by atoms with E-state index in [1.807, 2.05) is 49.4 Å². The van der Waals surface area contributed by atoms with Crippen LogP contribution in [0.15, 0.2) is 46.9 Å². The van der Waals surface area contributed by atoms with Crippen molar-refractivity contribution in [2.45, 2.75) is 33.1 Å². The molecule has 2 aromatic carbocycles. The first-order chi connectivity index (χ1) is 14.4. The summed E-state index contributed by atoms with van der Waals surface area (Å²) in [7, 11) is 0. The van der Waals surface area contributed by atoms with Gasteiger partial charge in [0.1, 0.15) is 0 Å². The van der Waals surface area contributed by atoms with Crippen molar-refractivity contribution in [1.82, 2.24) is 4.98 Å². The van der Waals surface area contributed by atoms with Gasteiger partial charge in [-0.3, -0.25) is 9.78 Å². The Morgan fingerprint density at radius 3 is 2.83 bits per heavy atom. The summed E-state index contributed by atoms with van der Waals surface area (Å²) in [6.45, 7) is 3.80. The lowest BCUT2D eigenvalue weighted by molar-refractivity contribution is -0.119. The predicted octanol–water partition coefficient (Wildman–Crippen LogP) is 5.23. The molecule has 154 valence electrons. The molecule has 1 heterocycles. The van der Waals surface area contributed by atoms with Gasteiger partial charge in [-0.1, -0.05) is 31.2 Å². The number of anilines is 1. The van der Waals surface area contributed by atoms with Crippen molar-refractivity contribution in [3.05, 3.63) is 69.3 Å². The third-order valence-corrected chi connectivity index (χ3v) is 6.10. The van der Waals surface area contributed by atoms with E-state index >= 15 is 0 Å². The fourth-order valence-corrected chi connectivity index (χ4v) is 4.50. The third-order valence-electron chi connectivity index (χ3n) is 5.44. The van der Waals surface area contributed by atoms with E-state index in [1.165, 1.54) is 0 Å². The number of rotatable bonds is 4. The van der Waals surface area contributed by atoms with E-state index in [-0.39, 0.29) is 12.5 Å². The quantitative estimate of drug-likeness (QED) is 0.534. The molecule has 0 fully saturated rings. The SMILES string of the molecule is Cc1ccc(NC(=O)COC(=O)c2c3c(nc4ccccc24)CCC(C)C3)c(Br)c1. The second-order valence-corrected chi connectivity index (χ2v) is 8.74. The van der Waals surface area contributed by atoms with Crippen LogP contribution in [-0.4, -0.2) is 23.5 Å². The summed E-state index contributed by atoms with van der Waals surface area (Å²) in [4.78, 5) is 30.2. The summed E-state index contributed by atoms with van der Waals surface area (Å²) >= 11 is 3.44. The Hall–Kier alpha value is -2.73. The number of carbonyl (C=O) groups excluding carboxylic acids is 2. The molecule has 1 aliphatic carbocycles. The predicted molar refractivity (Wildman–Crippen MR) is 121 cm³/mol. The molecule has 1 unspecified atom stereocenters. The highest BCUT2D eigenvalue weighted by Crippen LogP contribution is 2.32. The van der Waals surface area contributed by atoms with Gasteiger partial charge < -0.3 is 10.1 Å². The van der Waals surface area contributed by atoms with Crippen LogP contribution in [0.5, 0.6) is 0 Å². The first-order valence-corrected chi connectivity index (χ1v) is 10.9. The van der Waals surface area contributed by atoms with Crippen LogP contribution in [0.1, 0.15) is 40.5 Å². The minimum absolute atomic E-state index is 0.347. The number of nitrogens with zero attached hydrogens (tertiary/aromatic N) is 1. The molecule has 0 radical (unpaired) electrons. The van der Waals surface area contributed by atoms with Gasteiger partial charge in [0.25, 0.3) is 5.91 Å². The van der Waals surface area contributed by atoms with Crippen LogP contribution in [0.2, 0.25) is 0 Å². The molecule has 1 aromatic heterocycles. The Labute approximate surface area is 184 Å². The Morgan fingerprint density at radius 1 is 1.23 bits per heavy atom. The lowest BCUT2D eigenvalue weighted by Gasteiger charge is -2.24. The number of para-hydroxylation sites is 1. The summed E-state index contributed by atoms with van der Waals surface area (Å²) in [6, 6.07) is 13.2. The molecule has 1 atom stereocenters. The highest BCUT2D eigenvalue weighted by molar-refractivity contribution is 9.10. The van der Waals surface area contributed by atoms with E-state index in [4.69, 9.17) is 9.72 Å². The van der Waals surface area contributed by atoms with E-state index in [0.717, 1.165) is 51.5 Å². The van der Waals surface area contributed by atoms with Crippen LogP contribution < -0.4 is 5.32 Å². The standard InChI is InChI=1S/C24H23BrN2O3/c1-14-7-9-20-17(11-14)23(16-5-3-4-6-19(16)26-20)24(29)30-13-22(28)27-21-10-8-15(2)12-18(21)25/h3-6,8,10,12,14H,7,9,11,13H2,1-2H3,(H,27,28). The summed E-state index contributed by atoms with van der Waals surface area (Å²) in [5, 5.41) is 3.55. The van der Waals surface area contributed by atoms with Gasteiger partial charge >= 0.3 is 5.97 Å². The fourth-order valence-electron chi connectivity index (χ4n) is 3.91. The molecule has 0 aliphatic heterocycles. The maximum absolute atomic E-state index is 13.1. The van der Waals surface area contributed by atoms with Gasteiger partial charge in [-0.15, -0.1) is 0 Å². The molecule has 0 spiro atoms. The van der Waals surface area contributed by atoms with Crippen molar-refractivity contribution in [3.8, 4) is 0 Å². The minimum Gasteiger partial charge on any atom is -0.452 e. The number of nitrogens with one attached hydrogen (secondary N) is 1. The van der Waals surface area contributed by atoms with Crippen molar-refractivity contribution in [2.75, 3.05) is 11.9 Å². The van der Waals surface area contributed by atoms with Crippen molar-refractivity contribution in [1.29, 1.82) is 0 Å². The van der Waals surface area contributed by atoms with Gasteiger partial charge in [0.05, 0.1) is 16.8 Å². The summed E-state index contributed by atoms with van der Waals surface area (Å²) in [5.41, 5.74) is 4.97. The topological polar surface area (TPSA) is 68.3 Å². The summed E-state index contributed by atoms with van der Waals surface area (Å²) < 4.78 is 6.22. The number of fused-ring (bicyclic) bond motifs is 2. The molecular formula is C24H23BrN2O3. The zero-order valence-corrected chi connectivity index (χ0v) is 18.6. The number of carbonyl (C=O) groups is 2. The van der Waals surface area contributed by atoms with Gasteiger partial charge in [-0.05, 0) is 77.4 Å². The lowest BCUT2D eigenvalue weighted by atomic mass is 9.84. The molecule has 1 N–H and O–H groups in total. The average molecular weight is 467 g/mol. The molecule has 3 aromatic rings. The number of hydrogen-bond donors (Lipinski definition) is 1. The van der Waals surface area contributed by atoms with E-state index in [0.29, 0.717) is 17.2 Å². The molecule has 5 nitrogen and oxygen atoms in total. The zero-order chi connectivity index (χ0) is 21.3. The highest BCUT2D eigenvalue weighted by atomic mass is 79.9. The molecule has 1 amide bonds. The maximum atomic E-state index is 13.1. The van der Waals surface area contributed by atoms with E-state index < -0.39 is 5.97 Å². The number of esters is 1. The van der Waals surface area contributed by atoms with Crippen LogP contribution in [0.3, 0.4) is 0 Å². The molecule has 0 bridgehead atoms. The number of aromatic nitrogens is 1. The number of pyridine rings is 1. The largest absolute Gasteiger partial charge is 0.452 e. The monoisotopic (exact) mass is 466 g/mol. The number of amides is 1. The molecule has 30 heavy (non-hydrogen) atoms. The molecule has 0 saturated heterocycles. The molecular weight excluding hydrogens is 444 g/mol. The summed E-state index contributed by atoms with van der Waals surface area (Å²) in [5.74, 6) is -0.375. The smallest absolute Gasteiger partial charge is 0.339 e. The van der Waals surface area contributed by atoms with Gasteiger partial charge in [-0.25, -0.2) is 4.79 Å². The van der Waals surface area contributed by atoms with Gasteiger partial charge in [0.2, 0.25) is 0 Å². The van der Waals surface area contributed by atoms with Crippen molar-refractivity contribution < 1.29 is 14.3 Å². The van der Waals surface area contributed by atoms with Crippen molar-refractivity contribution in [2.24, 2.45) is 5.92 Å². The first kappa shape index (κ1) is 20.5. The molecule has 0 saturated carbocycles. The lowest BCUT2D eigenvalue weighted by Crippen LogP contribution is -2.23. The van der Waals surface area contributed by atoms with Gasteiger partial charge in [0.15, 0.2) is 6.61 Å². The fraction of sp³-hybridized carbons (Fsp3) is 0.292. The normalized spacial score (nSPS) is 15.5. The van der Waals surface area contributed by atoms with E-state index in [2.05, 4.69) is 28.2 Å². The van der Waals surface area contributed by atoms with Crippen LogP contribution in [0.4, 0.5) is 5.69 Å².